The molecule has 0 unspecified atom stereocenters. The van der Waals surface area contributed by atoms with Crippen LogP contribution in [0.5, 0.6) is 0 Å². The number of amides is 1. The predicted octanol–water partition coefficient (Wildman–Crippen LogP) is 3.78. The molecule has 2 aromatic carbocycles. The zero-order valence-electron chi connectivity index (χ0n) is 20.2. The van der Waals surface area contributed by atoms with Gasteiger partial charge in [-0.3, -0.25) is 4.79 Å². The Morgan fingerprint density at radius 2 is 1.79 bits per heavy atom. The first-order valence-electron chi connectivity index (χ1n) is 11.1. The van der Waals surface area contributed by atoms with E-state index in [2.05, 4.69) is 10.4 Å². The van der Waals surface area contributed by atoms with Crippen LogP contribution in [0.2, 0.25) is 0 Å². The topological polar surface area (TPSA) is 132 Å². The summed E-state index contributed by atoms with van der Waals surface area (Å²) in [7, 11) is 0. The van der Waals surface area contributed by atoms with Crippen molar-refractivity contribution in [3.8, 4) is 16.8 Å². The molecule has 0 radical (unpaired) electrons. The minimum Gasteiger partial charge on any atom is -0.475 e. The molecule has 39 heavy (non-hydrogen) atoms. The number of carboxylic acid groups (broad SMARTS) is 1. The van der Waals surface area contributed by atoms with Gasteiger partial charge in [0.2, 0.25) is 5.91 Å². The Labute approximate surface area is 216 Å². The Morgan fingerprint density at radius 1 is 1.13 bits per heavy atom. The van der Waals surface area contributed by atoms with Crippen LogP contribution in [-0.2, 0) is 22.6 Å². The fraction of sp³-hybridized carbons (Fsp3) is 0.250. The Balaban J connectivity index is 0.000000532. The molecular formula is C24H21F6N5O4. The third-order valence-corrected chi connectivity index (χ3v) is 5.67. The fourth-order valence-corrected chi connectivity index (χ4v) is 3.73. The molecule has 0 saturated heterocycles. The molecule has 4 N–H and O–H groups in total. The monoisotopic (exact) mass is 557 g/mol. The molecule has 1 aliphatic heterocycles. The summed E-state index contributed by atoms with van der Waals surface area (Å²) in [6.07, 6.45) is -4.98. The number of aliphatic carboxylic acids is 1. The number of hydrogen-bond acceptors (Lipinski definition) is 5. The van der Waals surface area contributed by atoms with Gasteiger partial charge < -0.3 is 16.2 Å². The van der Waals surface area contributed by atoms with Gasteiger partial charge in [-0.05, 0) is 59.9 Å². The molecule has 1 amide bonds. The number of anilines is 1. The normalized spacial score (nSPS) is 12.7. The van der Waals surface area contributed by atoms with Crippen molar-refractivity contribution < 1.29 is 41.0 Å². The number of carboxylic acids is 1. The van der Waals surface area contributed by atoms with Gasteiger partial charge in [0.1, 0.15) is 12.1 Å². The van der Waals surface area contributed by atoms with E-state index in [0.29, 0.717) is 18.4 Å². The SMILES string of the molecule is Cc1cc(-c2ccc(-n3cnn(CC(CN)=C(F)F)c3=O)c(F)c2)cc2c1NC(=O)CC2.O=C(O)C(F)(F)F. The Kier molecular flexibility index (Phi) is 8.64. The van der Waals surface area contributed by atoms with Crippen molar-refractivity contribution in [2.75, 3.05) is 11.9 Å². The Morgan fingerprint density at radius 3 is 2.36 bits per heavy atom. The van der Waals surface area contributed by atoms with E-state index in [1.807, 2.05) is 19.1 Å². The number of rotatable bonds is 5. The molecule has 0 saturated carbocycles. The summed E-state index contributed by atoms with van der Waals surface area (Å²) in [4.78, 5) is 33.1. The lowest BCUT2D eigenvalue weighted by Gasteiger charge is -2.20. The predicted molar refractivity (Wildman–Crippen MR) is 127 cm³/mol. The smallest absolute Gasteiger partial charge is 0.475 e. The lowest BCUT2D eigenvalue weighted by Crippen LogP contribution is -2.26. The summed E-state index contributed by atoms with van der Waals surface area (Å²) in [5, 5.41) is 13.8. The van der Waals surface area contributed by atoms with Crippen LogP contribution < -0.4 is 16.7 Å². The summed E-state index contributed by atoms with van der Waals surface area (Å²) in [5.74, 6) is -3.45. The number of nitrogens with one attached hydrogen (secondary N) is 1. The molecule has 4 rings (SSSR count). The number of aromatic nitrogens is 3. The fourth-order valence-electron chi connectivity index (χ4n) is 3.73. The van der Waals surface area contributed by atoms with Crippen molar-refractivity contribution in [1.29, 1.82) is 0 Å². The number of hydrogen-bond donors (Lipinski definition) is 3. The van der Waals surface area contributed by atoms with Gasteiger partial charge in [-0.15, -0.1) is 0 Å². The molecule has 2 heterocycles. The van der Waals surface area contributed by atoms with E-state index in [0.717, 1.165) is 38.0 Å². The summed E-state index contributed by atoms with van der Waals surface area (Å²) < 4.78 is 74.1. The lowest BCUT2D eigenvalue weighted by atomic mass is 9.93. The molecule has 15 heteroatoms. The van der Waals surface area contributed by atoms with Crippen LogP contribution in [0.4, 0.5) is 32.0 Å². The number of nitrogens with two attached hydrogens (primary N) is 1. The molecule has 1 aliphatic rings. The third kappa shape index (κ3) is 6.73. The highest BCUT2D eigenvalue weighted by Gasteiger charge is 2.38. The van der Waals surface area contributed by atoms with Crippen LogP contribution in [0.1, 0.15) is 17.5 Å². The van der Waals surface area contributed by atoms with E-state index in [4.69, 9.17) is 15.6 Å². The van der Waals surface area contributed by atoms with E-state index in [1.54, 1.807) is 6.07 Å². The van der Waals surface area contributed by atoms with Crippen LogP contribution >= 0.6 is 0 Å². The van der Waals surface area contributed by atoms with Crippen molar-refractivity contribution in [2.24, 2.45) is 5.73 Å². The quantitative estimate of drug-likeness (QED) is 0.409. The molecule has 0 spiro atoms. The summed E-state index contributed by atoms with van der Waals surface area (Å²) in [5.41, 5.74) is 8.06. The van der Waals surface area contributed by atoms with Crippen LogP contribution in [0.25, 0.3) is 16.8 Å². The Bertz CT molecular complexity index is 1510. The number of carbonyl (C=O) groups excluding carboxylic acids is 1. The molecular weight excluding hydrogens is 536 g/mol. The van der Waals surface area contributed by atoms with Crippen molar-refractivity contribution in [3.63, 3.8) is 0 Å². The van der Waals surface area contributed by atoms with Crippen molar-refractivity contribution in [1.82, 2.24) is 14.3 Å². The lowest BCUT2D eigenvalue weighted by molar-refractivity contribution is -0.192. The van der Waals surface area contributed by atoms with Gasteiger partial charge in [0.25, 0.3) is 6.08 Å². The van der Waals surface area contributed by atoms with Crippen LogP contribution in [0.3, 0.4) is 0 Å². The third-order valence-electron chi connectivity index (χ3n) is 5.67. The van der Waals surface area contributed by atoms with E-state index in [-0.39, 0.29) is 11.6 Å². The standard InChI is InChI=1S/C22H20F3N5O2.C2HF3O2/c1-12-6-15(7-14-3-5-19(31)28-20(12)14)13-2-4-18(17(23)8-13)29-11-27-30(22(29)32)10-16(9-26)21(24)25;3-2(4,5)1(6)7/h2,4,6-8,11H,3,5,9-10,26H2,1H3,(H,28,31);(H,6,7). The zero-order valence-corrected chi connectivity index (χ0v) is 20.2. The first kappa shape index (κ1) is 29.2. The highest BCUT2D eigenvalue weighted by atomic mass is 19.4. The first-order chi connectivity index (χ1) is 18.2. The highest BCUT2D eigenvalue weighted by Crippen LogP contribution is 2.33. The summed E-state index contributed by atoms with van der Waals surface area (Å²) >= 11 is 0. The molecule has 0 aliphatic carbocycles. The number of nitrogens with zero attached hydrogens (tertiary/aromatic N) is 3. The minimum atomic E-state index is -5.08. The van der Waals surface area contributed by atoms with Gasteiger partial charge in [-0.2, -0.15) is 27.1 Å². The molecule has 0 atom stereocenters. The number of carbonyl (C=O) groups is 2. The largest absolute Gasteiger partial charge is 0.490 e. The molecule has 3 aromatic rings. The van der Waals surface area contributed by atoms with E-state index in [1.165, 1.54) is 12.1 Å². The van der Waals surface area contributed by atoms with Crippen LogP contribution in [0, 0.1) is 12.7 Å². The second-order valence-corrected chi connectivity index (χ2v) is 8.35. The first-order valence-corrected chi connectivity index (χ1v) is 11.1. The number of halogens is 6. The minimum absolute atomic E-state index is 0.0296. The number of alkyl halides is 3. The van der Waals surface area contributed by atoms with E-state index in [9.17, 15) is 35.9 Å². The number of fused-ring (bicyclic) bond motifs is 1. The maximum absolute atomic E-state index is 15.0. The number of benzene rings is 2. The second-order valence-electron chi connectivity index (χ2n) is 8.35. The van der Waals surface area contributed by atoms with E-state index >= 15 is 0 Å². The maximum Gasteiger partial charge on any atom is 0.490 e. The van der Waals surface area contributed by atoms with Gasteiger partial charge in [-0.25, -0.2) is 23.2 Å². The average Bonchev–Trinajstić information content (AvgIpc) is 3.21. The number of aryl methyl sites for hydroxylation is 2. The van der Waals surface area contributed by atoms with Gasteiger partial charge in [0.05, 0.1) is 12.2 Å². The van der Waals surface area contributed by atoms with Crippen LogP contribution in [0.15, 0.2) is 53.1 Å². The summed E-state index contributed by atoms with van der Waals surface area (Å²) in [6.45, 7) is 0.973. The van der Waals surface area contributed by atoms with Crippen molar-refractivity contribution in [3.05, 3.63) is 75.7 Å². The van der Waals surface area contributed by atoms with Gasteiger partial charge in [-0.1, -0.05) is 6.07 Å². The van der Waals surface area contributed by atoms with Crippen molar-refractivity contribution >= 4 is 17.6 Å². The maximum atomic E-state index is 15.0. The van der Waals surface area contributed by atoms with Crippen molar-refractivity contribution in [2.45, 2.75) is 32.5 Å². The molecule has 0 fully saturated rings. The summed E-state index contributed by atoms with van der Waals surface area (Å²) in [6, 6.07) is 8.16. The highest BCUT2D eigenvalue weighted by molar-refractivity contribution is 5.95. The van der Waals surface area contributed by atoms with Gasteiger partial charge >= 0.3 is 17.8 Å². The van der Waals surface area contributed by atoms with Crippen LogP contribution in [-0.4, -0.2) is 44.1 Å². The Hall–Kier alpha value is -4.40. The molecule has 1 aromatic heterocycles. The van der Waals surface area contributed by atoms with Gasteiger partial charge in [0, 0.05) is 24.2 Å². The van der Waals surface area contributed by atoms with E-state index < -0.39 is 48.4 Å². The second kappa shape index (κ2) is 11.6. The average molecular weight is 557 g/mol. The molecule has 0 bridgehead atoms. The zero-order chi connectivity index (χ0) is 29.1. The van der Waals surface area contributed by atoms with Gasteiger partial charge in [0.15, 0.2) is 0 Å². The molecule has 208 valence electrons. The molecule has 9 nitrogen and oxygen atoms in total.